The molecule has 0 spiro atoms. The lowest BCUT2D eigenvalue weighted by atomic mass is 10.0. The predicted molar refractivity (Wildman–Crippen MR) is 163 cm³/mol. The minimum absolute atomic E-state index is 0.0530. The molecule has 3 heterocycles. The molecule has 7 nitrogen and oxygen atoms in total. The van der Waals surface area contributed by atoms with E-state index in [1.807, 2.05) is 53.4 Å². The van der Waals surface area contributed by atoms with Crippen LogP contribution in [0.4, 0.5) is 15.8 Å². The lowest BCUT2D eigenvalue weighted by molar-refractivity contribution is -0.384. The molecule has 5 aromatic rings. The molecule has 1 aliphatic heterocycles. The van der Waals surface area contributed by atoms with E-state index in [1.54, 1.807) is 36.5 Å². The van der Waals surface area contributed by atoms with E-state index in [0.29, 0.717) is 26.7 Å². The van der Waals surface area contributed by atoms with E-state index in [4.69, 9.17) is 16.6 Å². The molecule has 0 saturated carbocycles. The summed E-state index contributed by atoms with van der Waals surface area (Å²) < 4.78 is 21.7. The van der Waals surface area contributed by atoms with Crippen LogP contribution in [0.15, 0.2) is 122 Å². The molecule has 0 bridgehead atoms. The SMILES string of the molecule is O=[N+]([O-])c1ccc(Sc2ccc(N3C(=S)N[C@@H](c4ccccn4)[C@H]3c3ccc(-c4ccc(Br)cc4F)o3)cc2)cc1. The number of aromatic nitrogens is 1. The number of hydrogen-bond acceptors (Lipinski definition) is 6. The summed E-state index contributed by atoms with van der Waals surface area (Å²) in [6.45, 7) is 0. The third kappa shape index (κ3) is 5.61. The van der Waals surface area contributed by atoms with Crippen molar-refractivity contribution in [2.45, 2.75) is 21.9 Å². The highest BCUT2D eigenvalue weighted by Gasteiger charge is 2.42. The summed E-state index contributed by atoms with van der Waals surface area (Å²) in [5, 5.41) is 14.9. The molecule has 0 aliphatic carbocycles. The first-order valence-corrected chi connectivity index (χ1v) is 14.5. The Hall–Kier alpha value is -4.06. The van der Waals surface area contributed by atoms with Crippen LogP contribution in [-0.4, -0.2) is 15.0 Å². The molecular formula is C30H20BrFN4O3S2. The number of pyridine rings is 1. The Kier molecular flexibility index (Phi) is 7.57. The average molecular weight is 648 g/mol. The van der Waals surface area contributed by atoms with Crippen LogP contribution in [0.25, 0.3) is 11.3 Å². The summed E-state index contributed by atoms with van der Waals surface area (Å²) in [7, 11) is 0. The fourth-order valence-electron chi connectivity index (χ4n) is 4.71. The summed E-state index contributed by atoms with van der Waals surface area (Å²) in [4.78, 5) is 18.9. The van der Waals surface area contributed by atoms with E-state index in [2.05, 4.69) is 26.2 Å². The second-order valence-corrected chi connectivity index (χ2v) is 11.6. The van der Waals surface area contributed by atoms with Gasteiger partial charge in [-0.1, -0.05) is 33.8 Å². The minimum atomic E-state index is -0.414. The fourth-order valence-corrected chi connectivity index (χ4v) is 6.21. The Bertz CT molecular complexity index is 1730. The number of anilines is 1. The number of thiocarbonyl (C=S) groups is 1. The van der Waals surface area contributed by atoms with Gasteiger partial charge < -0.3 is 14.6 Å². The first-order chi connectivity index (χ1) is 19.9. The van der Waals surface area contributed by atoms with Crippen molar-refractivity contribution in [3.8, 4) is 11.3 Å². The summed E-state index contributed by atoms with van der Waals surface area (Å²) >= 11 is 10.6. The summed E-state index contributed by atoms with van der Waals surface area (Å²) in [6.07, 6.45) is 1.73. The maximum atomic E-state index is 14.7. The predicted octanol–water partition coefficient (Wildman–Crippen LogP) is 8.48. The van der Waals surface area contributed by atoms with Crippen LogP contribution < -0.4 is 10.2 Å². The van der Waals surface area contributed by atoms with Crippen molar-refractivity contribution in [3.63, 3.8) is 0 Å². The molecule has 6 rings (SSSR count). The zero-order valence-electron chi connectivity index (χ0n) is 21.1. The van der Waals surface area contributed by atoms with Gasteiger partial charge >= 0.3 is 0 Å². The van der Waals surface area contributed by atoms with Crippen LogP contribution in [0.1, 0.15) is 23.5 Å². The first-order valence-electron chi connectivity index (χ1n) is 12.5. The Labute approximate surface area is 252 Å². The van der Waals surface area contributed by atoms with Crippen LogP contribution in [0.2, 0.25) is 0 Å². The van der Waals surface area contributed by atoms with Gasteiger partial charge in [-0.15, -0.1) is 0 Å². The van der Waals surface area contributed by atoms with E-state index < -0.39 is 11.0 Å². The average Bonchev–Trinajstić information content (AvgIpc) is 3.59. The standard InChI is InChI=1S/C30H20BrFN4O3S2/c31-18-4-13-23(24(32)17-18)26-14-15-27(39-26)29-28(25-3-1-2-16-33-25)34-30(40)35(29)19-5-9-21(10-6-19)41-22-11-7-20(8-12-22)36(37)38/h1-17,28-29H,(H,34,40)/t28-,29+/m0/s1. The van der Waals surface area contributed by atoms with Gasteiger partial charge in [-0.2, -0.15) is 0 Å². The molecule has 1 fully saturated rings. The van der Waals surface area contributed by atoms with Gasteiger partial charge in [0.1, 0.15) is 23.4 Å². The largest absolute Gasteiger partial charge is 0.459 e. The normalized spacial score (nSPS) is 16.5. The second-order valence-electron chi connectivity index (χ2n) is 9.17. The van der Waals surface area contributed by atoms with Crippen LogP contribution >= 0.6 is 39.9 Å². The van der Waals surface area contributed by atoms with Gasteiger partial charge in [0.25, 0.3) is 5.69 Å². The highest BCUT2D eigenvalue weighted by molar-refractivity contribution is 9.10. The smallest absolute Gasteiger partial charge is 0.269 e. The van der Waals surface area contributed by atoms with E-state index >= 15 is 0 Å². The topological polar surface area (TPSA) is 84.4 Å². The number of hydrogen-bond donors (Lipinski definition) is 1. The number of non-ortho nitro benzene ring substituents is 1. The Morgan fingerprint density at radius 3 is 2.39 bits per heavy atom. The molecule has 3 aromatic carbocycles. The van der Waals surface area contributed by atoms with E-state index in [-0.39, 0.29) is 17.5 Å². The van der Waals surface area contributed by atoms with Gasteiger partial charge in [0.2, 0.25) is 0 Å². The summed E-state index contributed by atoms with van der Waals surface area (Å²) in [5.41, 5.74) is 2.05. The number of nitrogens with one attached hydrogen (secondary N) is 1. The highest BCUT2D eigenvalue weighted by Crippen LogP contribution is 2.43. The second kappa shape index (κ2) is 11.4. The first kappa shape index (κ1) is 27.1. The number of halogens is 2. The molecule has 41 heavy (non-hydrogen) atoms. The molecule has 204 valence electrons. The molecule has 1 N–H and O–H groups in total. The lowest BCUT2D eigenvalue weighted by Crippen LogP contribution is -2.29. The number of nitro benzene ring substituents is 1. The maximum absolute atomic E-state index is 14.7. The fraction of sp³-hybridized carbons (Fsp3) is 0.0667. The minimum Gasteiger partial charge on any atom is -0.459 e. The van der Waals surface area contributed by atoms with Crippen molar-refractivity contribution in [2.24, 2.45) is 0 Å². The highest BCUT2D eigenvalue weighted by atomic mass is 79.9. The zero-order chi connectivity index (χ0) is 28.5. The van der Waals surface area contributed by atoms with Crippen LogP contribution in [0.3, 0.4) is 0 Å². The van der Waals surface area contributed by atoms with E-state index in [1.165, 1.54) is 30.0 Å². The lowest BCUT2D eigenvalue weighted by Gasteiger charge is -2.26. The Morgan fingerprint density at radius 2 is 1.73 bits per heavy atom. The summed E-state index contributed by atoms with van der Waals surface area (Å²) in [6, 6.07) is 27.8. The monoisotopic (exact) mass is 646 g/mol. The quantitative estimate of drug-likeness (QED) is 0.107. The molecule has 1 saturated heterocycles. The molecule has 0 amide bonds. The van der Waals surface area contributed by atoms with E-state index in [0.717, 1.165) is 21.2 Å². The number of rotatable bonds is 7. The van der Waals surface area contributed by atoms with Gasteiger partial charge in [0.05, 0.1) is 22.2 Å². The molecule has 1 aliphatic rings. The van der Waals surface area contributed by atoms with E-state index in [9.17, 15) is 14.5 Å². The molecular weight excluding hydrogens is 627 g/mol. The van der Waals surface area contributed by atoms with Crippen molar-refractivity contribution in [1.29, 1.82) is 0 Å². The summed E-state index contributed by atoms with van der Waals surface area (Å²) in [5.74, 6) is 0.631. The molecule has 0 radical (unpaired) electrons. The van der Waals surface area contributed by atoms with Gasteiger partial charge in [0.15, 0.2) is 5.11 Å². The molecule has 2 aromatic heterocycles. The van der Waals surface area contributed by atoms with Crippen LogP contribution in [0.5, 0.6) is 0 Å². The van der Waals surface area contributed by atoms with Crippen molar-refractivity contribution in [3.05, 3.63) is 135 Å². The molecule has 11 heteroatoms. The van der Waals surface area contributed by atoms with Crippen molar-refractivity contribution in [2.75, 3.05) is 4.90 Å². The third-order valence-corrected chi connectivity index (χ3v) is 8.43. The van der Waals surface area contributed by atoms with Crippen molar-refractivity contribution < 1.29 is 13.7 Å². The number of nitrogens with zero attached hydrogens (tertiary/aromatic N) is 3. The van der Waals surface area contributed by atoms with Gasteiger partial charge in [0, 0.05) is 38.3 Å². The Morgan fingerprint density at radius 1 is 1.00 bits per heavy atom. The van der Waals surface area contributed by atoms with Crippen molar-refractivity contribution >= 4 is 56.4 Å². The Balaban J connectivity index is 1.33. The maximum Gasteiger partial charge on any atom is 0.269 e. The number of nitro groups is 1. The van der Waals surface area contributed by atoms with Gasteiger partial charge in [-0.05, 0) is 91.1 Å². The van der Waals surface area contributed by atoms with Crippen LogP contribution in [-0.2, 0) is 0 Å². The van der Waals surface area contributed by atoms with Crippen molar-refractivity contribution in [1.82, 2.24) is 10.3 Å². The third-order valence-electron chi connectivity index (χ3n) is 6.61. The van der Waals surface area contributed by atoms with Gasteiger partial charge in [-0.3, -0.25) is 15.1 Å². The van der Waals surface area contributed by atoms with Gasteiger partial charge in [-0.25, -0.2) is 4.39 Å². The van der Waals surface area contributed by atoms with Crippen LogP contribution in [0, 0.1) is 15.9 Å². The number of furan rings is 1. The molecule has 2 atom stereocenters. The molecule has 0 unspecified atom stereocenters. The number of benzene rings is 3. The zero-order valence-corrected chi connectivity index (χ0v) is 24.3.